The molecule has 1 atom stereocenters. The van der Waals surface area contributed by atoms with Crippen LogP contribution in [0.25, 0.3) is 0 Å². The number of fused-ring (bicyclic) bond motifs is 1. The lowest BCUT2D eigenvalue weighted by molar-refractivity contribution is -0.122. The number of carbonyl (C=O) groups is 2. The number of rotatable bonds is 7. The van der Waals surface area contributed by atoms with Gasteiger partial charge in [-0.15, -0.1) is 11.3 Å². The van der Waals surface area contributed by atoms with Gasteiger partial charge >= 0.3 is 5.97 Å². The Morgan fingerprint density at radius 3 is 2.64 bits per heavy atom. The lowest BCUT2D eigenvalue weighted by atomic mass is 9.95. The second-order valence-electron chi connectivity index (χ2n) is 6.90. The Morgan fingerprint density at radius 1 is 1.18 bits per heavy atom. The Kier molecular flexibility index (Phi) is 6.73. The zero-order chi connectivity index (χ0) is 20.1. The molecule has 0 saturated heterocycles. The summed E-state index contributed by atoms with van der Waals surface area (Å²) in [7, 11) is 0. The van der Waals surface area contributed by atoms with Crippen molar-refractivity contribution in [3.8, 4) is 5.75 Å². The van der Waals surface area contributed by atoms with Crippen molar-refractivity contribution in [1.82, 2.24) is 0 Å². The second kappa shape index (κ2) is 9.24. The van der Waals surface area contributed by atoms with Gasteiger partial charge in [-0.1, -0.05) is 25.1 Å². The highest BCUT2D eigenvalue weighted by Gasteiger charge is 2.29. The van der Waals surface area contributed by atoms with E-state index in [-0.39, 0.29) is 11.9 Å². The topological polar surface area (TPSA) is 64.6 Å². The van der Waals surface area contributed by atoms with Gasteiger partial charge in [0.25, 0.3) is 5.91 Å². The van der Waals surface area contributed by atoms with Crippen LogP contribution in [-0.4, -0.2) is 24.6 Å². The summed E-state index contributed by atoms with van der Waals surface area (Å²) in [5.41, 5.74) is 2.55. The number of hydrogen-bond donors (Lipinski definition) is 1. The number of amides is 1. The van der Waals surface area contributed by atoms with Crippen LogP contribution in [0.5, 0.6) is 5.75 Å². The van der Waals surface area contributed by atoms with Crippen LogP contribution in [0, 0.1) is 6.92 Å². The van der Waals surface area contributed by atoms with E-state index in [2.05, 4.69) is 5.32 Å². The van der Waals surface area contributed by atoms with E-state index in [1.807, 2.05) is 38.1 Å². The Labute approximate surface area is 170 Å². The molecule has 0 aliphatic heterocycles. The van der Waals surface area contributed by atoms with Crippen LogP contribution in [0.3, 0.4) is 0 Å². The Bertz CT molecular complexity index is 858. The smallest absolute Gasteiger partial charge is 0.341 e. The molecule has 1 amide bonds. The Morgan fingerprint density at radius 2 is 1.93 bits per heavy atom. The number of nitrogens with one attached hydrogen (secondary N) is 1. The van der Waals surface area contributed by atoms with Crippen LogP contribution < -0.4 is 10.1 Å². The number of para-hydroxylation sites is 1. The normalized spacial score (nSPS) is 14.1. The minimum Gasteiger partial charge on any atom is -0.480 e. The van der Waals surface area contributed by atoms with Crippen LogP contribution in [-0.2, 0) is 22.4 Å². The maximum atomic E-state index is 12.9. The van der Waals surface area contributed by atoms with E-state index in [0.29, 0.717) is 29.3 Å². The number of thiophene rings is 1. The first kappa shape index (κ1) is 20.4. The maximum absolute atomic E-state index is 12.9. The van der Waals surface area contributed by atoms with Crippen molar-refractivity contribution in [2.75, 3.05) is 11.9 Å². The molecule has 1 aromatic heterocycles. The van der Waals surface area contributed by atoms with Crippen molar-refractivity contribution in [2.24, 2.45) is 0 Å². The molecule has 150 valence electrons. The summed E-state index contributed by atoms with van der Waals surface area (Å²) in [6.07, 6.45) is 3.86. The highest BCUT2D eigenvalue weighted by molar-refractivity contribution is 7.17. The quantitative estimate of drug-likeness (QED) is 0.670. The molecule has 0 saturated carbocycles. The first-order valence-electron chi connectivity index (χ1n) is 9.89. The zero-order valence-electron chi connectivity index (χ0n) is 16.7. The summed E-state index contributed by atoms with van der Waals surface area (Å²) in [6.45, 7) is 5.96. The maximum Gasteiger partial charge on any atom is 0.341 e. The summed E-state index contributed by atoms with van der Waals surface area (Å²) in [6, 6.07) is 7.63. The molecule has 0 fully saturated rings. The summed E-state index contributed by atoms with van der Waals surface area (Å²) >= 11 is 1.49. The van der Waals surface area contributed by atoms with Gasteiger partial charge in [-0.05, 0) is 63.1 Å². The SMILES string of the molecule is CCOC(=O)c1c(NC(=O)[C@@H](CC)Oc2ccccc2C)sc2c1CCCC2. The molecule has 1 N–H and O–H groups in total. The van der Waals surface area contributed by atoms with Crippen molar-refractivity contribution >= 4 is 28.2 Å². The molecule has 1 aliphatic rings. The second-order valence-corrected chi connectivity index (χ2v) is 8.01. The number of hydrogen-bond acceptors (Lipinski definition) is 5. The van der Waals surface area contributed by atoms with Crippen molar-refractivity contribution in [1.29, 1.82) is 0 Å². The minimum atomic E-state index is -0.629. The van der Waals surface area contributed by atoms with E-state index in [1.165, 1.54) is 16.2 Å². The number of aryl methyl sites for hydroxylation is 2. The van der Waals surface area contributed by atoms with Gasteiger partial charge in [0.05, 0.1) is 12.2 Å². The van der Waals surface area contributed by atoms with E-state index >= 15 is 0 Å². The summed E-state index contributed by atoms with van der Waals surface area (Å²) in [5, 5.41) is 3.54. The summed E-state index contributed by atoms with van der Waals surface area (Å²) in [5.74, 6) is 0.0977. The van der Waals surface area contributed by atoms with Crippen LogP contribution in [0.4, 0.5) is 5.00 Å². The van der Waals surface area contributed by atoms with Gasteiger partial charge in [0.15, 0.2) is 6.10 Å². The van der Waals surface area contributed by atoms with E-state index in [9.17, 15) is 9.59 Å². The van der Waals surface area contributed by atoms with Crippen LogP contribution in [0.1, 0.15) is 59.5 Å². The third kappa shape index (κ3) is 4.38. The fraction of sp³-hybridized carbons (Fsp3) is 0.455. The van der Waals surface area contributed by atoms with Crippen LogP contribution >= 0.6 is 11.3 Å². The molecule has 1 heterocycles. The molecule has 0 unspecified atom stereocenters. The van der Waals surface area contributed by atoms with Gasteiger partial charge in [-0.3, -0.25) is 4.79 Å². The minimum absolute atomic E-state index is 0.241. The van der Waals surface area contributed by atoms with Crippen molar-refractivity contribution in [3.05, 3.63) is 45.8 Å². The molecular weight excluding hydrogens is 374 g/mol. The standard InChI is InChI=1S/C22H27NO4S/c1-4-16(27-17-12-8-6-10-14(17)3)20(24)23-21-19(22(25)26-5-2)15-11-7-9-13-18(15)28-21/h6,8,10,12,16H,4-5,7,9,11,13H2,1-3H3,(H,23,24)/t16-/m1/s1. The van der Waals surface area contributed by atoms with E-state index in [1.54, 1.807) is 6.92 Å². The average molecular weight is 402 g/mol. The first-order chi connectivity index (χ1) is 13.5. The number of esters is 1. The van der Waals surface area contributed by atoms with Gasteiger partial charge in [-0.25, -0.2) is 4.79 Å². The third-order valence-corrected chi connectivity index (χ3v) is 6.12. The van der Waals surface area contributed by atoms with Crippen molar-refractivity contribution in [3.63, 3.8) is 0 Å². The predicted octanol–water partition coefficient (Wildman–Crippen LogP) is 4.91. The highest BCUT2D eigenvalue weighted by Crippen LogP contribution is 2.38. The molecule has 2 aromatic rings. The molecular formula is C22H27NO4S. The van der Waals surface area contributed by atoms with Gasteiger partial charge in [0, 0.05) is 4.88 Å². The molecule has 0 radical (unpaired) electrons. The molecule has 0 bridgehead atoms. The number of ether oxygens (including phenoxy) is 2. The molecule has 5 nitrogen and oxygen atoms in total. The van der Waals surface area contributed by atoms with Crippen LogP contribution in [0.2, 0.25) is 0 Å². The molecule has 1 aliphatic carbocycles. The average Bonchev–Trinajstić information content (AvgIpc) is 3.05. The van der Waals surface area contributed by atoms with Gasteiger partial charge in [0.1, 0.15) is 10.8 Å². The summed E-state index contributed by atoms with van der Waals surface area (Å²) < 4.78 is 11.2. The highest BCUT2D eigenvalue weighted by atomic mass is 32.1. The molecule has 6 heteroatoms. The van der Waals surface area contributed by atoms with Crippen LogP contribution in [0.15, 0.2) is 24.3 Å². The Balaban J connectivity index is 1.83. The third-order valence-electron chi connectivity index (χ3n) is 4.91. The predicted molar refractivity (Wildman–Crippen MR) is 111 cm³/mol. The van der Waals surface area contributed by atoms with E-state index in [0.717, 1.165) is 36.8 Å². The zero-order valence-corrected chi connectivity index (χ0v) is 17.5. The number of benzene rings is 1. The van der Waals surface area contributed by atoms with E-state index < -0.39 is 6.10 Å². The molecule has 1 aromatic carbocycles. The molecule has 0 spiro atoms. The van der Waals surface area contributed by atoms with Crippen molar-refractivity contribution < 1.29 is 19.1 Å². The fourth-order valence-electron chi connectivity index (χ4n) is 3.43. The molecule has 28 heavy (non-hydrogen) atoms. The van der Waals surface area contributed by atoms with E-state index in [4.69, 9.17) is 9.47 Å². The number of anilines is 1. The largest absolute Gasteiger partial charge is 0.480 e. The van der Waals surface area contributed by atoms with Gasteiger partial charge in [-0.2, -0.15) is 0 Å². The van der Waals surface area contributed by atoms with Crippen molar-refractivity contribution in [2.45, 2.75) is 59.0 Å². The fourth-order valence-corrected chi connectivity index (χ4v) is 4.71. The van der Waals surface area contributed by atoms with Gasteiger partial charge in [0.2, 0.25) is 0 Å². The molecule has 3 rings (SSSR count). The summed E-state index contributed by atoms with van der Waals surface area (Å²) in [4.78, 5) is 26.7. The number of carbonyl (C=O) groups excluding carboxylic acids is 2. The Hall–Kier alpha value is -2.34. The lowest BCUT2D eigenvalue weighted by Crippen LogP contribution is -2.32. The first-order valence-corrected chi connectivity index (χ1v) is 10.7. The van der Waals surface area contributed by atoms with Gasteiger partial charge < -0.3 is 14.8 Å². The monoisotopic (exact) mass is 401 g/mol. The lowest BCUT2D eigenvalue weighted by Gasteiger charge is -2.18.